The lowest BCUT2D eigenvalue weighted by Gasteiger charge is -2.10. The van der Waals surface area contributed by atoms with Crippen molar-refractivity contribution in [3.63, 3.8) is 0 Å². The predicted molar refractivity (Wildman–Crippen MR) is 70.5 cm³/mol. The van der Waals surface area contributed by atoms with E-state index < -0.39 is 0 Å². The number of aromatic amines is 1. The van der Waals surface area contributed by atoms with E-state index in [9.17, 15) is 4.79 Å². The molecule has 0 aliphatic carbocycles. The zero-order valence-electron chi connectivity index (χ0n) is 9.40. The largest absolute Gasteiger partial charge is 0.324 e. The number of aromatic nitrogens is 2. The van der Waals surface area contributed by atoms with Gasteiger partial charge in [-0.1, -0.05) is 28.1 Å². The zero-order valence-corrected chi connectivity index (χ0v) is 11.0. The van der Waals surface area contributed by atoms with Crippen LogP contribution in [0.15, 0.2) is 18.2 Å². The molecule has 3 rings (SSSR count). The lowest BCUT2D eigenvalue weighted by Crippen LogP contribution is -2.25. The number of nitrogens with one attached hydrogen (secondary N) is 1. The molecular formula is C12H12BrN3O. The Bertz CT molecular complexity index is 592. The van der Waals surface area contributed by atoms with Crippen molar-refractivity contribution in [1.82, 2.24) is 9.97 Å². The van der Waals surface area contributed by atoms with E-state index in [4.69, 9.17) is 0 Å². The van der Waals surface area contributed by atoms with Crippen LogP contribution in [0.25, 0.3) is 11.0 Å². The van der Waals surface area contributed by atoms with Crippen LogP contribution < -0.4 is 4.90 Å². The summed E-state index contributed by atoms with van der Waals surface area (Å²) in [5.41, 5.74) is 3.03. The second-order valence-corrected chi connectivity index (χ2v) is 5.63. The number of halogens is 1. The summed E-state index contributed by atoms with van der Waals surface area (Å²) in [5, 5.41) is 0. The molecule has 0 bridgehead atoms. The van der Waals surface area contributed by atoms with Crippen LogP contribution in [-0.2, 0) is 4.79 Å². The number of aryl methyl sites for hydroxylation is 1. The van der Waals surface area contributed by atoms with Crippen molar-refractivity contribution < 1.29 is 4.79 Å². The molecule has 1 fully saturated rings. The van der Waals surface area contributed by atoms with Crippen LogP contribution in [0.1, 0.15) is 12.0 Å². The molecule has 1 saturated heterocycles. The summed E-state index contributed by atoms with van der Waals surface area (Å²) in [6.45, 7) is 2.70. The molecule has 2 heterocycles. The van der Waals surface area contributed by atoms with Gasteiger partial charge >= 0.3 is 0 Å². The molecule has 1 atom stereocenters. The highest BCUT2D eigenvalue weighted by atomic mass is 79.9. The van der Waals surface area contributed by atoms with Crippen molar-refractivity contribution in [2.24, 2.45) is 0 Å². The van der Waals surface area contributed by atoms with Crippen LogP contribution in [0.4, 0.5) is 5.95 Å². The number of anilines is 1. The van der Waals surface area contributed by atoms with Gasteiger partial charge in [-0.15, -0.1) is 0 Å². The predicted octanol–water partition coefficient (Wildman–Crippen LogP) is 2.37. The standard InChI is InChI=1S/C12H12BrN3O/c1-7-3-2-4-9-11(7)15-12(14-9)16-6-8(13)5-10(16)17/h2-4,8H,5-6H2,1H3,(H,14,15). The third-order valence-corrected chi connectivity index (χ3v) is 3.65. The van der Waals surface area contributed by atoms with E-state index in [-0.39, 0.29) is 10.7 Å². The summed E-state index contributed by atoms with van der Waals surface area (Å²) in [6, 6.07) is 5.98. The molecule has 1 aliphatic heterocycles. The summed E-state index contributed by atoms with van der Waals surface area (Å²) in [7, 11) is 0. The van der Waals surface area contributed by atoms with Gasteiger partial charge in [0.2, 0.25) is 11.9 Å². The number of amides is 1. The SMILES string of the molecule is Cc1cccc2[nH]c(N3CC(Br)CC3=O)nc12. The van der Waals surface area contributed by atoms with Crippen LogP contribution in [0.5, 0.6) is 0 Å². The van der Waals surface area contributed by atoms with Gasteiger partial charge in [0.15, 0.2) is 0 Å². The van der Waals surface area contributed by atoms with Gasteiger partial charge in [0, 0.05) is 17.8 Å². The Labute approximate surface area is 107 Å². The van der Waals surface area contributed by atoms with E-state index in [1.165, 1.54) is 0 Å². The number of carbonyl (C=O) groups is 1. The molecule has 88 valence electrons. The van der Waals surface area contributed by atoms with Gasteiger partial charge in [0.25, 0.3) is 0 Å². The van der Waals surface area contributed by atoms with E-state index in [1.54, 1.807) is 4.90 Å². The molecule has 0 saturated carbocycles. The van der Waals surface area contributed by atoms with Crippen molar-refractivity contribution in [3.05, 3.63) is 23.8 Å². The molecule has 1 N–H and O–H groups in total. The van der Waals surface area contributed by atoms with Crippen molar-refractivity contribution in [2.75, 3.05) is 11.4 Å². The quantitative estimate of drug-likeness (QED) is 0.821. The molecule has 4 nitrogen and oxygen atoms in total. The maximum Gasteiger partial charge on any atom is 0.230 e. The van der Waals surface area contributed by atoms with E-state index in [0.29, 0.717) is 18.9 Å². The molecule has 2 aromatic rings. The van der Waals surface area contributed by atoms with Gasteiger partial charge in [-0.2, -0.15) is 0 Å². The number of fused-ring (bicyclic) bond motifs is 1. The highest BCUT2D eigenvalue weighted by Gasteiger charge is 2.30. The van der Waals surface area contributed by atoms with E-state index >= 15 is 0 Å². The number of rotatable bonds is 1. The number of hydrogen-bond acceptors (Lipinski definition) is 2. The van der Waals surface area contributed by atoms with E-state index in [1.807, 2.05) is 25.1 Å². The maximum absolute atomic E-state index is 11.8. The molecule has 1 unspecified atom stereocenters. The summed E-state index contributed by atoms with van der Waals surface area (Å²) in [5.74, 6) is 0.768. The first-order valence-electron chi connectivity index (χ1n) is 5.55. The average molecular weight is 294 g/mol. The molecule has 0 radical (unpaired) electrons. The Balaban J connectivity index is 2.07. The summed E-state index contributed by atoms with van der Waals surface area (Å²) < 4.78 is 0. The Morgan fingerprint density at radius 3 is 3.00 bits per heavy atom. The van der Waals surface area contributed by atoms with Gasteiger partial charge in [-0.25, -0.2) is 4.98 Å². The topological polar surface area (TPSA) is 49.0 Å². The Morgan fingerprint density at radius 1 is 1.53 bits per heavy atom. The summed E-state index contributed by atoms with van der Waals surface area (Å²) >= 11 is 3.47. The van der Waals surface area contributed by atoms with Crippen LogP contribution in [0.3, 0.4) is 0 Å². The third kappa shape index (κ3) is 1.74. The fraction of sp³-hybridized carbons (Fsp3) is 0.333. The Kier molecular flexibility index (Phi) is 2.43. The minimum absolute atomic E-state index is 0.114. The first-order chi connectivity index (χ1) is 8.15. The highest BCUT2D eigenvalue weighted by molar-refractivity contribution is 9.09. The molecular weight excluding hydrogens is 282 g/mol. The minimum atomic E-state index is 0.114. The second-order valence-electron chi connectivity index (χ2n) is 4.34. The summed E-state index contributed by atoms with van der Waals surface area (Å²) in [4.78, 5) is 21.4. The van der Waals surface area contributed by atoms with Gasteiger partial charge in [-0.3, -0.25) is 9.69 Å². The fourth-order valence-electron chi connectivity index (χ4n) is 2.16. The van der Waals surface area contributed by atoms with Crippen molar-refractivity contribution in [1.29, 1.82) is 0 Å². The zero-order chi connectivity index (χ0) is 12.0. The number of alkyl halides is 1. The number of nitrogens with zero attached hydrogens (tertiary/aromatic N) is 2. The van der Waals surface area contributed by atoms with Gasteiger partial charge < -0.3 is 4.98 Å². The minimum Gasteiger partial charge on any atom is -0.324 e. The fourth-order valence-corrected chi connectivity index (χ4v) is 2.73. The Hall–Kier alpha value is -1.36. The number of hydrogen-bond donors (Lipinski definition) is 1. The third-order valence-electron chi connectivity index (χ3n) is 3.04. The molecule has 17 heavy (non-hydrogen) atoms. The number of para-hydroxylation sites is 1. The van der Waals surface area contributed by atoms with Gasteiger partial charge in [-0.05, 0) is 18.6 Å². The molecule has 1 aromatic carbocycles. The number of benzene rings is 1. The van der Waals surface area contributed by atoms with E-state index in [2.05, 4.69) is 25.9 Å². The van der Waals surface area contributed by atoms with Crippen LogP contribution in [-0.4, -0.2) is 27.2 Å². The number of imidazole rings is 1. The van der Waals surface area contributed by atoms with Crippen LogP contribution >= 0.6 is 15.9 Å². The Morgan fingerprint density at radius 2 is 2.35 bits per heavy atom. The average Bonchev–Trinajstić information content (AvgIpc) is 2.82. The normalized spacial score (nSPS) is 20.5. The van der Waals surface area contributed by atoms with Crippen molar-refractivity contribution >= 4 is 38.8 Å². The maximum atomic E-state index is 11.8. The van der Waals surface area contributed by atoms with E-state index in [0.717, 1.165) is 16.6 Å². The van der Waals surface area contributed by atoms with Gasteiger partial charge in [0.05, 0.1) is 11.0 Å². The van der Waals surface area contributed by atoms with Crippen molar-refractivity contribution in [2.45, 2.75) is 18.2 Å². The number of carbonyl (C=O) groups excluding carboxylic acids is 1. The lowest BCUT2D eigenvalue weighted by atomic mass is 10.2. The smallest absolute Gasteiger partial charge is 0.230 e. The first-order valence-corrected chi connectivity index (χ1v) is 6.46. The molecule has 1 amide bonds. The molecule has 1 aliphatic rings. The van der Waals surface area contributed by atoms with Crippen LogP contribution in [0.2, 0.25) is 0 Å². The first kappa shape index (κ1) is 10.8. The molecule has 5 heteroatoms. The monoisotopic (exact) mass is 293 g/mol. The highest BCUT2D eigenvalue weighted by Crippen LogP contribution is 2.26. The second kappa shape index (κ2) is 3.84. The number of H-pyrrole nitrogens is 1. The lowest BCUT2D eigenvalue weighted by molar-refractivity contribution is -0.117. The summed E-state index contributed by atoms with van der Waals surface area (Å²) in [6.07, 6.45) is 0.538. The molecule has 0 spiro atoms. The van der Waals surface area contributed by atoms with Crippen LogP contribution in [0, 0.1) is 6.92 Å². The molecule has 1 aromatic heterocycles. The van der Waals surface area contributed by atoms with Gasteiger partial charge in [0.1, 0.15) is 0 Å². The van der Waals surface area contributed by atoms with Crippen molar-refractivity contribution in [3.8, 4) is 0 Å².